The lowest BCUT2D eigenvalue weighted by molar-refractivity contribution is -0.140. The van der Waals surface area contributed by atoms with Gasteiger partial charge >= 0.3 is 0 Å². The molecule has 2 heterocycles. The first-order valence-electron chi connectivity index (χ1n) is 8.53. The highest BCUT2D eigenvalue weighted by molar-refractivity contribution is 7.10. The van der Waals surface area contributed by atoms with Crippen molar-refractivity contribution in [3.05, 3.63) is 57.8 Å². The van der Waals surface area contributed by atoms with Gasteiger partial charge in [-0.25, -0.2) is 0 Å². The summed E-state index contributed by atoms with van der Waals surface area (Å²) < 4.78 is 10.3. The van der Waals surface area contributed by atoms with Gasteiger partial charge in [-0.2, -0.15) is 0 Å². The fourth-order valence-electron chi connectivity index (χ4n) is 3.16. The highest BCUT2D eigenvalue weighted by atomic mass is 32.1. The molecule has 1 N–H and O–H groups in total. The highest BCUT2D eigenvalue weighted by Crippen LogP contribution is 2.41. The number of Topliss-reactive ketones (excluding diaryl/α,β-unsaturated/α-hetero) is 1. The van der Waals surface area contributed by atoms with Crippen molar-refractivity contribution in [1.82, 2.24) is 4.90 Å². The summed E-state index contributed by atoms with van der Waals surface area (Å²) in [5, 5.41) is 12.8. The number of ketones is 1. The number of aliphatic hydroxyl groups is 1. The molecule has 7 heteroatoms. The highest BCUT2D eigenvalue weighted by Gasteiger charge is 2.46. The predicted molar refractivity (Wildman–Crippen MR) is 103 cm³/mol. The van der Waals surface area contributed by atoms with Crippen LogP contribution in [-0.4, -0.2) is 49.1 Å². The molecule has 0 saturated carbocycles. The van der Waals surface area contributed by atoms with E-state index >= 15 is 0 Å². The zero-order valence-electron chi connectivity index (χ0n) is 15.2. The summed E-state index contributed by atoms with van der Waals surface area (Å²) in [5.74, 6) is -0.916. The standard InChI is InChI=1S/C20H21NO5S/c1-25-10-5-9-21-17(15-8-4-11-27-15)16(19(23)20(21)24)18(22)13-6-3-7-14(12-13)26-2/h3-4,6-8,11-12,17,22H,5,9-10H2,1-2H3/b18-16+. The predicted octanol–water partition coefficient (Wildman–Crippen LogP) is 3.21. The lowest BCUT2D eigenvalue weighted by atomic mass is 9.99. The summed E-state index contributed by atoms with van der Waals surface area (Å²) >= 11 is 1.44. The summed E-state index contributed by atoms with van der Waals surface area (Å²) in [6.07, 6.45) is 0.602. The van der Waals surface area contributed by atoms with Crippen molar-refractivity contribution in [2.24, 2.45) is 0 Å². The van der Waals surface area contributed by atoms with E-state index in [0.29, 0.717) is 30.9 Å². The van der Waals surface area contributed by atoms with Gasteiger partial charge in [0.2, 0.25) is 0 Å². The average molecular weight is 387 g/mol. The molecule has 142 valence electrons. The molecule has 3 rings (SSSR count). The summed E-state index contributed by atoms with van der Waals surface area (Å²) in [5.41, 5.74) is 0.541. The number of carbonyl (C=O) groups excluding carboxylic acids is 2. The topological polar surface area (TPSA) is 76.1 Å². The monoisotopic (exact) mass is 387 g/mol. The van der Waals surface area contributed by atoms with Crippen LogP contribution in [0.2, 0.25) is 0 Å². The number of rotatable bonds is 7. The molecule has 27 heavy (non-hydrogen) atoms. The molecule has 1 atom stereocenters. The first-order valence-corrected chi connectivity index (χ1v) is 9.41. The second kappa shape index (κ2) is 8.37. The van der Waals surface area contributed by atoms with E-state index in [1.165, 1.54) is 23.3 Å². The molecule has 1 saturated heterocycles. The smallest absolute Gasteiger partial charge is 0.295 e. The summed E-state index contributed by atoms with van der Waals surface area (Å²) in [4.78, 5) is 27.7. The Morgan fingerprint density at radius 1 is 1.22 bits per heavy atom. The normalized spacial score (nSPS) is 18.9. The summed E-state index contributed by atoms with van der Waals surface area (Å²) in [7, 11) is 3.12. The number of hydrogen-bond acceptors (Lipinski definition) is 6. The Bertz CT molecular complexity index is 859. The number of aliphatic hydroxyl groups excluding tert-OH is 1. The van der Waals surface area contributed by atoms with E-state index in [9.17, 15) is 14.7 Å². The molecule has 1 fully saturated rings. The van der Waals surface area contributed by atoms with Crippen LogP contribution in [0.5, 0.6) is 5.75 Å². The molecule has 0 bridgehead atoms. The number of benzene rings is 1. The lowest BCUT2D eigenvalue weighted by Crippen LogP contribution is -2.31. The maximum atomic E-state index is 12.8. The number of hydrogen-bond donors (Lipinski definition) is 1. The van der Waals surface area contributed by atoms with Gasteiger partial charge in [0, 0.05) is 30.7 Å². The zero-order chi connectivity index (χ0) is 19.4. The Morgan fingerprint density at radius 3 is 2.70 bits per heavy atom. The molecule has 1 unspecified atom stereocenters. The van der Waals surface area contributed by atoms with Crippen LogP contribution in [0.25, 0.3) is 5.76 Å². The Balaban J connectivity index is 2.08. The van der Waals surface area contributed by atoms with Crippen molar-refractivity contribution >= 4 is 28.8 Å². The van der Waals surface area contributed by atoms with Gasteiger partial charge in [-0.15, -0.1) is 11.3 Å². The van der Waals surface area contributed by atoms with E-state index < -0.39 is 17.7 Å². The number of amides is 1. The van der Waals surface area contributed by atoms with E-state index in [4.69, 9.17) is 9.47 Å². The molecule has 2 aromatic rings. The fraction of sp³-hybridized carbons (Fsp3) is 0.300. The molecule has 6 nitrogen and oxygen atoms in total. The molecule has 0 radical (unpaired) electrons. The number of likely N-dealkylation sites (tertiary alicyclic amines) is 1. The molecule has 1 amide bonds. The second-order valence-electron chi connectivity index (χ2n) is 6.09. The SMILES string of the molecule is COCCCN1C(=O)C(=O)/C(=C(/O)c2cccc(OC)c2)C1c1cccs1. The minimum atomic E-state index is -0.675. The van der Waals surface area contributed by atoms with Gasteiger partial charge in [0.25, 0.3) is 11.7 Å². The Morgan fingerprint density at radius 2 is 2.04 bits per heavy atom. The van der Waals surface area contributed by atoms with Gasteiger partial charge < -0.3 is 19.5 Å². The quantitative estimate of drug-likeness (QED) is 0.342. The van der Waals surface area contributed by atoms with Crippen LogP contribution in [0.4, 0.5) is 0 Å². The van der Waals surface area contributed by atoms with Gasteiger partial charge in [0.05, 0.1) is 18.7 Å². The molecule has 0 aliphatic carbocycles. The van der Waals surface area contributed by atoms with Gasteiger partial charge in [-0.1, -0.05) is 18.2 Å². The molecule has 1 aliphatic heterocycles. The second-order valence-corrected chi connectivity index (χ2v) is 7.07. The van der Waals surface area contributed by atoms with E-state index in [2.05, 4.69) is 0 Å². The van der Waals surface area contributed by atoms with E-state index in [1.54, 1.807) is 31.4 Å². The molecular formula is C20H21NO5S. The van der Waals surface area contributed by atoms with Crippen LogP contribution >= 0.6 is 11.3 Å². The number of methoxy groups -OCH3 is 2. The van der Waals surface area contributed by atoms with Gasteiger partial charge in [-0.05, 0) is 30.0 Å². The van der Waals surface area contributed by atoms with E-state index in [-0.39, 0.29) is 11.3 Å². The van der Waals surface area contributed by atoms with Gasteiger partial charge in [0.1, 0.15) is 11.5 Å². The fourth-order valence-corrected chi connectivity index (χ4v) is 4.00. The van der Waals surface area contributed by atoms with E-state index in [0.717, 1.165) is 4.88 Å². The lowest BCUT2D eigenvalue weighted by Gasteiger charge is -2.24. The number of thiophene rings is 1. The zero-order valence-corrected chi connectivity index (χ0v) is 16.0. The average Bonchev–Trinajstić information content (AvgIpc) is 3.30. The Kier molecular flexibility index (Phi) is 5.93. The largest absolute Gasteiger partial charge is 0.507 e. The van der Waals surface area contributed by atoms with Crippen LogP contribution in [0, 0.1) is 0 Å². The summed E-state index contributed by atoms with van der Waals surface area (Å²) in [6.45, 7) is 0.853. The Labute approximate surface area is 161 Å². The molecule has 1 aliphatic rings. The van der Waals surface area contributed by atoms with Gasteiger partial charge in [-0.3, -0.25) is 9.59 Å². The molecule has 1 aromatic carbocycles. The van der Waals surface area contributed by atoms with Crippen LogP contribution in [-0.2, 0) is 14.3 Å². The van der Waals surface area contributed by atoms with Crippen molar-refractivity contribution in [3.8, 4) is 5.75 Å². The molecule has 1 aromatic heterocycles. The van der Waals surface area contributed by atoms with Crippen LogP contribution in [0.3, 0.4) is 0 Å². The maximum Gasteiger partial charge on any atom is 0.295 e. The van der Waals surface area contributed by atoms with Gasteiger partial charge in [0.15, 0.2) is 0 Å². The minimum absolute atomic E-state index is 0.105. The Hall–Kier alpha value is -2.64. The van der Waals surface area contributed by atoms with Crippen LogP contribution < -0.4 is 4.74 Å². The maximum absolute atomic E-state index is 12.8. The summed E-state index contributed by atoms with van der Waals surface area (Å²) in [6, 6.07) is 9.91. The number of carbonyl (C=O) groups is 2. The number of nitrogens with zero attached hydrogens (tertiary/aromatic N) is 1. The van der Waals surface area contributed by atoms with Crippen LogP contribution in [0.15, 0.2) is 47.4 Å². The number of ether oxygens (including phenoxy) is 2. The third kappa shape index (κ3) is 3.74. The first-order chi connectivity index (χ1) is 13.1. The third-order valence-corrected chi connectivity index (χ3v) is 5.37. The van der Waals surface area contributed by atoms with Crippen LogP contribution in [0.1, 0.15) is 22.9 Å². The molecular weight excluding hydrogens is 366 g/mol. The molecule has 0 spiro atoms. The minimum Gasteiger partial charge on any atom is -0.507 e. The van der Waals surface area contributed by atoms with Crippen molar-refractivity contribution in [2.75, 3.05) is 27.4 Å². The first kappa shape index (κ1) is 19.1. The van der Waals surface area contributed by atoms with Crippen molar-refractivity contribution in [3.63, 3.8) is 0 Å². The third-order valence-electron chi connectivity index (χ3n) is 4.44. The van der Waals surface area contributed by atoms with Crippen molar-refractivity contribution in [2.45, 2.75) is 12.5 Å². The van der Waals surface area contributed by atoms with E-state index in [1.807, 2.05) is 17.5 Å². The van der Waals surface area contributed by atoms with Crippen molar-refractivity contribution in [1.29, 1.82) is 0 Å². The van der Waals surface area contributed by atoms with Crippen molar-refractivity contribution < 1.29 is 24.2 Å².